The second-order valence-corrected chi connectivity index (χ2v) is 29.4. The number of fused-ring (bicyclic) bond motifs is 1. The number of benzene rings is 5. The Kier molecular flexibility index (Phi) is 34.0. The van der Waals surface area contributed by atoms with E-state index >= 15 is 0 Å². The van der Waals surface area contributed by atoms with E-state index in [4.69, 9.17) is 63.2 Å². The Labute approximate surface area is 481 Å². The van der Waals surface area contributed by atoms with Gasteiger partial charge in [-0.25, -0.2) is 25.3 Å². The number of alkyl halides is 2. The molecule has 0 bridgehead atoms. The van der Waals surface area contributed by atoms with Crippen molar-refractivity contribution in [3.8, 4) is 0 Å². The first-order valence-electron chi connectivity index (χ1n) is 18.8. The van der Waals surface area contributed by atoms with Gasteiger partial charge in [-0.2, -0.15) is 0 Å². The Bertz CT molecular complexity index is 2800. The summed E-state index contributed by atoms with van der Waals surface area (Å²) in [6, 6.07) is 26.2. The number of rotatable bonds is 8. The predicted molar refractivity (Wildman–Crippen MR) is 309 cm³/mol. The zero-order valence-corrected chi connectivity index (χ0v) is 53.6. The van der Waals surface area contributed by atoms with Crippen LogP contribution in [0.15, 0.2) is 113 Å². The summed E-state index contributed by atoms with van der Waals surface area (Å²) in [6.45, 7) is 5.97. The standard InChI is InChI=1S/C9H11BrClNO2S.C8H9BrN2O2S.C7H6BrNO2.C7H8BrN.C6H5BrN2O2.C2H4Cl2O2S.2ClH.Sn/c1-7-2-3-8(10)6-9(7)12-15(13,14)5-4-11;9-6-1-2-7-8(5-6)11-14(12,13)4-3-10-7;1-5-2-3-6(8)4-7(5)9(10)11;1-5-2-3-6(8)4-7(5)9;7-4-1-2-5(8)6(3-4)9(10)11;3-1-2-7(4,5)6;;;/h2-3,6,12H,4-5H2,1H3;1-2,5,10-11H,3-4H2;2-4H,1H3;2-4H,9H2,1H3;1-3H,8H2;1-2H2;2*1H;/q;;;;;;;;+2/p-2. The zero-order chi connectivity index (χ0) is 54.0. The fourth-order valence-electron chi connectivity index (χ4n) is 4.48. The number of nitrogens with one attached hydrogen (secondary N) is 3. The number of hydrogen-bond donors (Lipinski definition) is 5. The fourth-order valence-corrected chi connectivity index (χ4v) is 9.98. The summed E-state index contributed by atoms with van der Waals surface area (Å²) in [5.41, 5.74) is 16.7. The molecule has 1 heterocycles. The van der Waals surface area contributed by atoms with Crippen molar-refractivity contribution in [3.05, 3.63) is 150 Å². The van der Waals surface area contributed by atoms with E-state index in [2.05, 4.69) is 94.4 Å². The quantitative estimate of drug-likeness (QED) is 0.0242. The second kappa shape index (κ2) is 34.8. The van der Waals surface area contributed by atoms with Crippen LogP contribution in [0.2, 0.25) is 0 Å². The average molecular weight is 1560 g/mol. The molecule has 2 radical (unpaired) electrons. The molecule has 0 fully saturated rings. The monoisotopic (exact) mass is 1550 g/mol. The van der Waals surface area contributed by atoms with Crippen molar-refractivity contribution in [2.75, 3.05) is 61.8 Å². The number of nitrogens with two attached hydrogens (primary N) is 2. The molecule has 0 saturated carbocycles. The van der Waals surface area contributed by atoms with Gasteiger partial charge in [0.25, 0.3) is 11.4 Å². The van der Waals surface area contributed by atoms with Crippen LogP contribution in [-0.2, 0) is 29.1 Å². The molecule has 0 unspecified atom stereocenters. The number of hydrogen-bond acceptors (Lipinski definition) is 13. The van der Waals surface area contributed by atoms with E-state index in [0.717, 1.165) is 40.4 Å². The van der Waals surface area contributed by atoms with Crippen LogP contribution in [0.25, 0.3) is 0 Å². The van der Waals surface area contributed by atoms with Crippen molar-refractivity contribution in [2.45, 2.75) is 20.8 Å². The van der Waals surface area contributed by atoms with Gasteiger partial charge in [-0.1, -0.05) is 97.8 Å². The van der Waals surface area contributed by atoms with Crippen LogP contribution in [0.5, 0.6) is 0 Å². The van der Waals surface area contributed by atoms with Crippen LogP contribution in [0.4, 0.5) is 39.8 Å². The molecule has 0 aliphatic carbocycles. The third kappa shape index (κ3) is 30.6. The Morgan fingerprint density at radius 1 is 0.657 bits per heavy atom. The Morgan fingerprint density at radius 2 is 1.10 bits per heavy atom. The normalized spacial score (nSPS) is 11.8. The molecule has 0 atom stereocenters. The minimum atomic E-state index is -3.33. The number of nitrogens with zero attached hydrogens (tertiary/aromatic N) is 2. The molecule has 1 aliphatic rings. The van der Waals surface area contributed by atoms with Crippen LogP contribution in [0.1, 0.15) is 16.7 Å². The summed E-state index contributed by atoms with van der Waals surface area (Å²) in [4.78, 5) is 19.7. The number of nitro benzene ring substituents is 2. The van der Waals surface area contributed by atoms with Gasteiger partial charge in [-0.15, -0.1) is 23.2 Å². The molecular weight excluding hydrogens is 1520 g/mol. The number of aryl methyl sites for hydroxylation is 3. The third-order valence-electron chi connectivity index (χ3n) is 7.86. The van der Waals surface area contributed by atoms with Crippen LogP contribution in [0.3, 0.4) is 0 Å². The van der Waals surface area contributed by atoms with Crippen LogP contribution in [-0.4, -0.2) is 89.6 Å². The Morgan fingerprint density at radius 3 is 1.54 bits per heavy atom. The molecular formula is C39H43Br5Cl5N7O10S3Sn. The molecule has 0 saturated heterocycles. The third-order valence-corrected chi connectivity index (χ3v) is 14.9. The molecule has 0 amide bonds. The van der Waals surface area contributed by atoms with Crippen molar-refractivity contribution in [3.63, 3.8) is 0 Å². The molecule has 0 aromatic heterocycles. The van der Waals surface area contributed by atoms with Gasteiger partial charge in [0, 0.05) is 74.7 Å². The average Bonchev–Trinajstić information content (AvgIpc) is 3.39. The number of anilines is 5. The molecule has 1 aliphatic heterocycles. The Hall–Kier alpha value is -1.60. The number of halogens is 10. The zero-order valence-electron chi connectivity index (χ0n) is 36.5. The Balaban J connectivity index is 0.000000818. The van der Waals surface area contributed by atoms with Gasteiger partial charge >= 0.3 is 36.7 Å². The molecule has 386 valence electrons. The van der Waals surface area contributed by atoms with E-state index < -0.39 is 52.9 Å². The van der Waals surface area contributed by atoms with Crippen LogP contribution < -0.4 is 26.2 Å². The van der Waals surface area contributed by atoms with E-state index in [1.54, 1.807) is 37.3 Å². The predicted octanol–water partition coefficient (Wildman–Crippen LogP) is 13.1. The first kappa shape index (κ1) is 68.4. The van der Waals surface area contributed by atoms with Crippen molar-refractivity contribution in [1.82, 2.24) is 0 Å². The summed E-state index contributed by atoms with van der Waals surface area (Å²) < 4.78 is 74.6. The number of nitro groups is 2. The molecule has 5 aromatic rings. The van der Waals surface area contributed by atoms with Gasteiger partial charge in [0.15, 0.2) is 0 Å². The van der Waals surface area contributed by atoms with E-state index in [0.29, 0.717) is 28.0 Å². The van der Waals surface area contributed by atoms with Gasteiger partial charge in [0.05, 0.1) is 44.2 Å². The summed E-state index contributed by atoms with van der Waals surface area (Å²) >= 11 is 25.7. The molecule has 5 aromatic carbocycles. The van der Waals surface area contributed by atoms with E-state index in [1.807, 2.05) is 56.3 Å². The van der Waals surface area contributed by atoms with Crippen molar-refractivity contribution in [1.29, 1.82) is 0 Å². The fraction of sp³-hybridized carbons (Fsp3) is 0.231. The van der Waals surface area contributed by atoms with E-state index in [-0.39, 0.29) is 51.0 Å². The molecule has 6 rings (SSSR count). The second-order valence-electron chi connectivity index (χ2n) is 13.3. The molecule has 31 heteroatoms. The van der Waals surface area contributed by atoms with Crippen LogP contribution in [0, 0.1) is 41.0 Å². The van der Waals surface area contributed by atoms with Gasteiger partial charge in [-0.3, -0.25) is 29.7 Å². The summed E-state index contributed by atoms with van der Waals surface area (Å²) in [6.07, 6.45) is 0. The minimum absolute atomic E-state index is 0.0613. The van der Waals surface area contributed by atoms with E-state index in [9.17, 15) is 45.5 Å². The SMILES string of the molecule is Cc1ccc(Br)cc1N.Cc1ccc(Br)cc1NS(=O)(=O)CCCl.Cc1ccc(Br)cc1[N+](=O)[O-].Nc1ccc(Br)cc1[N+](=O)[O-].O=S(=O)(Cl)CCCl.O=S1(=O)CCNc2ccc(Br)cc2N1.[Cl][Sn][Cl]. The van der Waals surface area contributed by atoms with Crippen molar-refractivity contribution >= 4 is 219 Å². The van der Waals surface area contributed by atoms with Crippen molar-refractivity contribution < 1.29 is 35.1 Å². The van der Waals surface area contributed by atoms with Crippen molar-refractivity contribution in [2.24, 2.45) is 0 Å². The van der Waals surface area contributed by atoms with Gasteiger partial charge in [0.1, 0.15) is 5.69 Å². The van der Waals surface area contributed by atoms with Gasteiger partial charge in [-0.05, 0) is 92.6 Å². The maximum atomic E-state index is 11.5. The maximum absolute atomic E-state index is 11.5. The van der Waals surface area contributed by atoms with Crippen LogP contribution >= 0.6 is 131 Å². The first-order chi connectivity index (χ1) is 32.4. The molecule has 7 N–H and O–H groups in total. The van der Waals surface area contributed by atoms with E-state index in [1.165, 1.54) is 18.2 Å². The summed E-state index contributed by atoms with van der Waals surface area (Å²) in [7, 11) is 4.75. The molecule has 17 nitrogen and oxygen atoms in total. The van der Waals surface area contributed by atoms with Gasteiger partial charge < -0.3 is 16.8 Å². The summed E-state index contributed by atoms with van der Waals surface area (Å²) in [5.74, 6) is 0.00410. The first-order valence-corrected chi connectivity index (χ1v) is 36.9. The number of nitrogen functional groups attached to an aromatic ring is 2. The number of sulfonamides is 2. The van der Waals surface area contributed by atoms with Gasteiger partial charge in [0.2, 0.25) is 29.1 Å². The molecule has 70 heavy (non-hydrogen) atoms. The molecule has 0 spiro atoms. The topological polar surface area (TPSA) is 277 Å². The summed E-state index contributed by atoms with van der Waals surface area (Å²) in [5, 5.41) is 23.7.